The van der Waals surface area contributed by atoms with Gasteiger partial charge in [0.15, 0.2) is 0 Å². The molecule has 0 aromatic heterocycles. The minimum atomic E-state index is 0.312. The highest BCUT2D eigenvalue weighted by atomic mass is 15.2. The summed E-state index contributed by atoms with van der Waals surface area (Å²) >= 11 is 0. The molecule has 1 N–H and O–H groups in total. The number of rotatable bonds is 3. The van der Waals surface area contributed by atoms with Crippen molar-refractivity contribution in [1.29, 1.82) is 0 Å². The molecule has 1 heterocycles. The van der Waals surface area contributed by atoms with Crippen LogP contribution in [0, 0.1) is 6.92 Å². The summed E-state index contributed by atoms with van der Waals surface area (Å²) in [6.07, 6.45) is 2.51. The number of hydrogen-bond donors (Lipinski definition) is 1. The molecule has 2 rings (SSSR count). The monoisotopic (exact) mass is 274 g/mol. The van der Waals surface area contributed by atoms with Gasteiger partial charge in [-0.25, -0.2) is 0 Å². The molecule has 0 aliphatic carbocycles. The Morgan fingerprint density at radius 3 is 2.30 bits per heavy atom. The van der Waals surface area contributed by atoms with Gasteiger partial charge in [0.25, 0.3) is 0 Å². The van der Waals surface area contributed by atoms with Crippen LogP contribution in [-0.4, -0.2) is 29.6 Å². The highest BCUT2D eigenvalue weighted by molar-refractivity contribution is 5.28. The topological polar surface area (TPSA) is 15.3 Å². The molecule has 0 saturated carbocycles. The molecule has 0 spiro atoms. The summed E-state index contributed by atoms with van der Waals surface area (Å²) in [6, 6.07) is 9.81. The lowest BCUT2D eigenvalue weighted by atomic mass is 9.96. The Hall–Kier alpha value is -0.860. The van der Waals surface area contributed by atoms with E-state index in [1.807, 2.05) is 0 Å². The number of piperidine rings is 1. The van der Waals surface area contributed by atoms with Crippen molar-refractivity contribution in [1.82, 2.24) is 10.2 Å². The molecule has 20 heavy (non-hydrogen) atoms. The van der Waals surface area contributed by atoms with Crippen molar-refractivity contribution < 1.29 is 0 Å². The molecule has 1 aromatic rings. The lowest BCUT2D eigenvalue weighted by molar-refractivity contribution is 0.0942. The number of nitrogens with zero attached hydrogens (tertiary/aromatic N) is 1. The summed E-state index contributed by atoms with van der Waals surface area (Å²) in [7, 11) is 0. The van der Waals surface area contributed by atoms with Gasteiger partial charge in [0.2, 0.25) is 0 Å². The second-order valence-corrected chi connectivity index (χ2v) is 7.18. The van der Waals surface area contributed by atoms with Crippen LogP contribution in [0.5, 0.6) is 0 Å². The zero-order chi connectivity index (χ0) is 14.8. The fourth-order valence-corrected chi connectivity index (χ4v) is 3.23. The van der Waals surface area contributed by atoms with Crippen molar-refractivity contribution in [3.63, 3.8) is 0 Å². The maximum absolute atomic E-state index is 3.82. The Kier molecular flexibility index (Phi) is 4.87. The molecule has 2 nitrogen and oxygen atoms in total. The average molecular weight is 274 g/mol. The van der Waals surface area contributed by atoms with Gasteiger partial charge in [-0.3, -0.25) is 4.90 Å². The molecule has 2 heteroatoms. The summed E-state index contributed by atoms with van der Waals surface area (Å²) in [5.74, 6) is 0. The van der Waals surface area contributed by atoms with E-state index in [1.54, 1.807) is 0 Å². The normalized spacial score (nSPS) is 20.1. The van der Waals surface area contributed by atoms with Crippen molar-refractivity contribution in [2.45, 2.75) is 65.1 Å². The van der Waals surface area contributed by atoms with Gasteiger partial charge < -0.3 is 5.32 Å². The summed E-state index contributed by atoms with van der Waals surface area (Å²) in [5, 5.41) is 3.82. The Balaban J connectivity index is 1.88. The molecule has 1 aromatic carbocycles. The fraction of sp³-hybridized carbons (Fsp3) is 0.667. The number of aryl methyl sites for hydroxylation is 1. The first-order valence-electron chi connectivity index (χ1n) is 7.94. The highest BCUT2D eigenvalue weighted by Crippen LogP contribution is 2.23. The maximum Gasteiger partial charge on any atom is 0.0296 e. The van der Waals surface area contributed by atoms with Crippen LogP contribution in [0.15, 0.2) is 24.3 Å². The maximum atomic E-state index is 3.82. The number of benzene rings is 1. The van der Waals surface area contributed by atoms with Crippen molar-refractivity contribution in [3.8, 4) is 0 Å². The van der Waals surface area contributed by atoms with E-state index in [2.05, 4.69) is 69.1 Å². The molecule has 1 saturated heterocycles. The van der Waals surface area contributed by atoms with Crippen LogP contribution >= 0.6 is 0 Å². The molecule has 1 fully saturated rings. The number of hydrogen-bond acceptors (Lipinski definition) is 2. The molecule has 112 valence electrons. The summed E-state index contributed by atoms with van der Waals surface area (Å²) in [4.78, 5) is 2.60. The number of likely N-dealkylation sites (tertiary alicyclic amines) is 1. The van der Waals surface area contributed by atoms with Crippen LogP contribution in [0.3, 0.4) is 0 Å². The first-order chi connectivity index (χ1) is 9.38. The Morgan fingerprint density at radius 2 is 1.75 bits per heavy atom. The molecular weight excluding hydrogens is 244 g/mol. The molecular formula is C18H30N2. The number of nitrogens with one attached hydrogen (secondary N) is 1. The second-order valence-electron chi connectivity index (χ2n) is 7.18. The van der Waals surface area contributed by atoms with Gasteiger partial charge in [-0.2, -0.15) is 0 Å². The van der Waals surface area contributed by atoms with Crippen molar-refractivity contribution >= 4 is 0 Å². The summed E-state index contributed by atoms with van der Waals surface area (Å²) in [5.41, 5.74) is 3.14. The van der Waals surface area contributed by atoms with E-state index >= 15 is 0 Å². The van der Waals surface area contributed by atoms with Gasteiger partial charge >= 0.3 is 0 Å². The van der Waals surface area contributed by atoms with Crippen molar-refractivity contribution in [2.24, 2.45) is 0 Å². The van der Waals surface area contributed by atoms with Crippen LogP contribution in [-0.2, 0) is 0 Å². The fourth-order valence-electron chi connectivity index (χ4n) is 3.23. The van der Waals surface area contributed by atoms with E-state index in [0.29, 0.717) is 17.6 Å². The molecule has 0 radical (unpaired) electrons. The van der Waals surface area contributed by atoms with Gasteiger partial charge in [0.1, 0.15) is 0 Å². The molecule has 0 amide bonds. The van der Waals surface area contributed by atoms with Gasteiger partial charge in [0, 0.05) is 30.7 Å². The minimum Gasteiger partial charge on any atom is -0.307 e. The van der Waals surface area contributed by atoms with Gasteiger partial charge in [-0.1, -0.05) is 24.3 Å². The summed E-state index contributed by atoms with van der Waals surface area (Å²) < 4.78 is 0. The van der Waals surface area contributed by atoms with Crippen LogP contribution in [0.4, 0.5) is 0 Å². The van der Waals surface area contributed by atoms with E-state index in [9.17, 15) is 0 Å². The first kappa shape index (κ1) is 15.5. The SMILES string of the molecule is Cc1ccccc1C(C)NC1CCN(C(C)(C)C)CC1. The first-order valence-corrected chi connectivity index (χ1v) is 7.94. The highest BCUT2D eigenvalue weighted by Gasteiger charge is 2.27. The largest absolute Gasteiger partial charge is 0.307 e. The second kappa shape index (κ2) is 6.28. The van der Waals surface area contributed by atoms with Gasteiger partial charge in [-0.05, 0) is 58.6 Å². The molecule has 0 bridgehead atoms. The third-order valence-electron chi connectivity index (χ3n) is 4.58. The van der Waals surface area contributed by atoms with E-state index in [0.717, 1.165) is 0 Å². The minimum absolute atomic E-state index is 0.312. The molecule has 1 unspecified atom stereocenters. The van der Waals surface area contributed by atoms with Crippen LogP contribution in [0.2, 0.25) is 0 Å². The van der Waals surface area contributed by atoms with Gasteiger partial charge in [-0.15, -0.1) is 0 Å². The van der Waals surface area contributed by atoms with E-state index in [-0.39, 0.29) is 0 Å². The standard InChI is InChI=1S/C18H30N2/c1-14-8-6-7-9-17(14)15(2)19-16-10-12-20(13-11-16)18(3,4)5/h6-9,15-16,19H,10-13H2,1-5H3. The molecule has 1 atom stereocenters. The average Bonchev–Trinajstić information content (AvgIpc) is 2.38. The third-order valence-corrected chi connectivity index (χ3v) is 4.58. The van der Waals surface area contributed by atoms with Crippen LogP contribution < -0.4 is 5.32 Å². The molecule has 1 aliphatic rings. The quantitative estimate of drug-likeness (QED) is 0.899. The lowest BCUT2D eigenvalue weighted by Gasteiger charge is -2.41. The lowest BCUT2D eigenvalue weighted by Crippen LogP contribution is -2.50. The van der Waals surface area contributed by atoms with E-state index < -0.39 is 0 Å². The van der Waals surface area contributed by atoms with Crippen LogP contribution in [0.25, 0.3) is 0 Å². The summed E-state index contributed by atoms with van der Waals surface area (Å²) in [6.45, 7) is 13.9. The van der Waals surface area contributed by atoms with Crippen molar-refractivity contribution in [3.05, 3.63) is 35.4 Å². The Labute approximate surface area is 124 Å². The van der Waals surface area contributed by atoms with Gasteiger partial charge in [0.05, 0.1) is 0 Å². The van der Waals surface area contributed by atoms with Crippen molar-refractivity contribution in [2.75, 3.05) is 13.1 Å². The predicted molar refractivity (Wildman–Crippen MR) is 87.1 cm³/mol. The van der Waals surface area contributed by atoms with E-state index in [4.69, 9.17) is 0 Å². The smallest absolute Gasteiger partial charge is 0.0296 e. The zero-order valence-corrected chi connectivity index (χ0v) is 13.7. The Bertz CT molecular complexity index is 425. The Morgan fingerprint density at radius 1 is 1.15 bits per heavy atom. The van der Waals surface area contributed by atoms with Crippen LogP contribution in [0.1, 0.15) is 57.7 Å². The molecule has 1 aliphatic heterocycles. The van der Waals surface area contributed by atoms with E-state index in [1.165, 1.54) is 37.1 Å². The zero-order valence-electron chi connectivity index (χ0n) is 13.7. The predicted octanol–water partition coefficient (Wildman–Crippen LogP) is 3.91. The third kappa shape index (κ3) is 3.83.